The molecule has 0 aromatic heterocycles. The maximum Gasteiger partial charge on any atom is 0.216 e. The number of hydrogen-bond acceptors (Lipinski definition) is 4. The van der Waals surface area contributed by atoms with Crippen molar-refractivity contribution in [2.45, 2.75) is 38.2 Å². The number of aliphatic hydroxyl groups excluding tert-OH is 1. The molecular weight excluding hydrogens is 264 g/mol. The van der Waals surface area contributed by atoms with Gasteiger partial charge in [0.2, 0.25) is 10.0 Å². The molecule has 1 aromatic carbocycles. The molecule has 1 aromatic rings. The maximum atomic E-state index is 12.1. The number of benzene rings is 1. The summed E-state index contributed by atoms with van der Waals surface area (Å²) in [7, 11) is -3.40. The second-order valence-electron chi connectivity index (χ2n) is 5.74. The molecule has 0 heterocycles. The highest BCUT2D eigenvalue weighted by molar-refractivity contribution is 7.88. The molecule has 0 aliphatic heterocycles. The normalized spacial score (nSPS) is 25.8. The van der Waals surface area contributed by atoms with Gasteiger partial charge in [0.15, 0.2) is 0 Å². The highest BCUT2D eigenvalue weighted by atomic mass is 32.2. The van der Waals surface area contributed by atoms with Crippen molar-refractivity contribution in [1.29, 1.82) is 0 Å². The van der Waals surface area contributed by atoms with Crippen molar-refractivity contribution < 1.29 is 13.5 Å². The number of nitrogens with two attached hydrogens (primary N) is 1. The second-order valence-corrected chi connectivity index (χ2v) is 7.50. The highest BCUT2D eigenvalue weighted by Crippen LogP contribution is 2.40. The van der Waals surface area contributed by atoms with Crippen molar-refractivity contribution in [3.63, 3.8) is 0 Å². The van der Waals surface area contributed by atoms with Gasteiger partial charge in [-0.2, -0.15) is 0 Å². The Kier molecular flexibility index (Phi) is 3.59. The van der Waals surface area contributed by atoms with Crippen LogP contribution in [0.2, 0.25) is 0 Å². The second kappa shape index (κ2) is 4.77. The van der Waals surface area contributed by atoms with Crippen molar-refractivity contribution >= 4 is 15.7 Å². The number of hydrogen-bond donors (Lipinski definition) is 3. The molecule has 1 aliphatic carbocycles. The van der Waals surface area contributed by atoms with E-state index in [1.165, 1.54) is 0 Å². The van der Waals surface area contributed by atoms with Crippen molar-refractivity contribution in [2.24, 2.45) is 5.41 Å². The number of sulfonamides is 1. The van der Waals surface area contributed by atoms with Gasteiger partial charge in [-0.25, -0.2) is 13.1 Å². The molecule has 1 fully saturated rings. The topological polar surface area (TPSA) is 92.4 Å². The summed E-state index contributed by atoms with van der Waals surface area (Å²) < 4.78 is 26.8. The van der Waals surface area contributed by atoms with E-state index in [1.807, 2.05) is 13.8 Å². The van der Waals surface area contributed by atoms with Crippen molar-refractivity contribution in [3.8, 4) is 0 Å². The Morgan fingerprint density at radius 1 is 1.37 bits per heavy atom. The van der Waals surface area contributed by atoms with Crippen LogP contribution < -0.4 is 10.5 Å². The van der Waals surface area contributed by atoms with Crippen LogP contribution in [0, 0.1) is 5.41 Å². The van der Waals surface area contributed by atoms with Gasteiger partial charge >= 0.3 is 0 Å². The van der Waals surface area contributed by atoms with Crippen LogP contribution in [0.3, 0.4) is 0 Å². The molecule has 5 nitrogen and oxygen atoms in total. The molecule has 1 saturated carbocycles. The first-order chi connectivity index (χ1) is 8.71. The zero-order valence-electron chi connectivity index (χ0n) is 11.1. The molecule has 0 bridgehead atoms. The van der Waals surface area contributed by atoms with E-state index in [4.69, 9.17) is 5.73 Å². The number of anilines is 1. The molecule has 4 N–H and O–H groups in total. The Balaban J connectivity index is 2.02. The van der Waals surface area contributed by atoms with Crippen LogP contribution in [0.25, 0.3) is 0 Å². The lowest BCUT2D eigenvalue weighted by atomic mass is 9.65. The summed E-state index contributed by atoms with van der Waals surface area (Å²) in [5.41, 5.74) is 6.45. The smallest absolute Gasteiger partial charge is 0.216 e. The van der Waals surface area contributed by atoms with E-state index in [-0.39, 0.29) is 11.8 Å². The molecule has 106 valence electrons. The third-order valence-corrected chi connectivity index (χ3v) is 5.23. The molecule has 0 saturated heterocycles. The summed E-state index contributed by atoms with van der Waals surface area (Å²) in [5.74, 6) is -0.0735. The maximum absolute atomic E-state index is 12.1. The third-order valence-electron chi connectivity index (χ3n) is 3.87. The average Bonchev–Trinajstić information content (AvgIpc) is 2.31. The fourth-order valence-corrected chi connectivity index (χ4v) is 3.74. The summed E-state index contributed by atoms with van der Waals surface area (Å²) in [6.07, 6.45) is 0.0188. The number of nitrogen functional groups attached to an aromatic ring is 1. The van der Waals surface area contributed by atoms with Crippen LogP contribution in [-0.2, 0) is 15.8 Å². The highest BCUT2D eigenvalue weighted by Gasteiger charge is 2.48. The summed E-state index contributed by atoms with van der Waals surface area (Å²) in [6.45, 7) is 3.72. The molecule has 2 atom stereocenters. The van der Waals surface area contributed by atoms with Gasteiger partial charge in [0.05, 0.1) is 11.9 Å². The average molecular weight is 284 g/mol. The fraction of sp³-hybridized carbons (Fsp3) is 0.538. The lowest BCUT2D eigenvalue weighted by Crippen LogP contribution is -2.61. The van der Waals surface area contributed by atoms with Crippen LogP contribution in [0.4, 0.5) is 5.69 Å². The molecule has 2 rings (SSSR count). The lowest BCUT2D eigenvalue weighted by molar-refractivity contribution is -0.0645. The minimum Gasteiger partial charge on any atom is -0.399 e. The first-order valence-corrected chi connectivity index (χ1v) is 7.88. The fourth-order valence-electron chi connectivity index (χ4n) is 2.19. The first-order valence-electron chi connectivity index (χ1n) is 6.23. The molecule has 19 heavy (non-hydrogen) atoms. The van der Waals surface area contributed by atoms with E-state index in [0.29, 0.717) is 17.7 Å². The zero-order chi connectivity index (χ0) is 14.3. The third kappa shape index (κ3) is 3.08. The zero-order valence-corrected chi connectivity index (χ0v) is 11.9. The van der Waals surface area contributed by atoms with E-state index in [9.17, 15) is 13.5 Å². The Hall–Kier alpha value is -1.11. The van der Waals surface area contributed by atoms with Crippen molar-refractivity contribution in [2.75, 3.05) is 5.73 Å². The molecule has 2 unspecified atom stereocenters. The molecule has 0 amide bonds. The van der Waals surface area contributed by atoms with Gasteiger partial charge in [-0.3, -0.25) is 0 Å². The Labute approximate surface area is 113 Å². The van der Waals surface area contributed by atoms with Crippen LogP contribution in [-0.4, -0.2) is 25.7 Å². The van der Waals surface area contributed by atoms with Gasteiger partial charge in [0, 0.05) is 17.1 Å². The van der Waals surface area contributed by atoms with Crippen LogP contribution in [0.1, 0.15) is 25.8 Å². The van der Waals surface area contributed by atoms with Gasteiger partial charge in [-0.05, 0) is 24.1 Å². The molecular formula is C13H20N2O3S. The summed E-state index contributed by atoms with van der Waals surface area (Å²) >= 11 is 0. The predicted molar refractivity (Wildman–Crippen MR) is 74.8 cm³/mol. The first kappa shape index (κ1) is 14.3. The number of aliphatic hydroxyl groups is 1. The standard InChI is InChI=1S/C13H20N2O3S/c1-13(2)11(7-12(13)16)15-19(17,18)8-9-3-5-10(14)6-4-9/h3-6,11-12,15-16H,7-8,14H2,1-2H3. The lowest BCUT2D eigenvalue weighted by Gasteiger charge is -2.49. The van der Waals surface area contributed by atoms with Crippen molar-refractivity contribution in [3.05, 3.63) is 29.8 Å². The van der Waals surface area contributed by atoms with Crippen molar-refractivity contribution in [1.82, 2.24) is 4.72 Å². The number of rotatable bonds is 4. The summed E-state index contributed by atoms with van der Waals surface area (Å²) in [5, 5.41) is 9.61. The molecule has 1 aliphatic rings. The Bertz CT molecular complexity index is 552. The van der Waals surface area contributed by atoms with Gasteiger partial charge in [0.25, 0.3) is 0 Å². The van der Waals surface area contributed by atoms with Gasteiger partial charge in [-0.15, -0.1) is 0 Å². The minimum absolute atomic E-state index is 0.0735. The molecule has 0 radical (unpaired) electrons. The van der Waals surface area contributed by atoms with E-state index in [1.54, 1.807) is 24.3 Å². The molecule has 6 heteroatoms. The van der Waals surface area contributed by atoms with Crippen LogP contribution in [0.15, 0.2) is 24.3 Å². The molecule has 0 spiro atoms. The predicted octanol–water partition coefficient (Wildman–Crippen LogP) is 0.848. The Morgan fingerprint density at radius 2 is 1.95 bits per heavy atom. The Morgan fingerprint density at radius 3 is 2.42 bits per heavy atom. The van der Waals surface area contributed by atoms with E-state index in [2.05, 4.69) is 4.72 Å². The SMILES string of the molecule is CC1(C)C(O)CC1NS(=O)(=O)Cc1ccc(N)cc1. The van der Waals surface area contributed by atoms with E-state index < -0.39 is 21.5 Å². The summed E-state index contributed by atoms with van der Waals surface area (Å²) in [6, 6.07) is 6.57. The largest absolute Gasteiger partial charge is 0.399 e. The van der Waals surface area contributed by atoms with Crippen LogP contribution >= 0.6 is 0 Å². The number of nitrogens with one attached hydrogen (secondary N) is 1. The van der Waals surface area contributed by atoms with Gasteiger partial charge < -0.3 is 10.8 Å². The van der Waals surface area contributed by atoms with Crippen LogP contribution in [0.5, 0.6) is 0 Å². The van der Waals surface area contributed by atoms with Gasteiger partial charge in [-0.1, -0.05) is 26.0 Å². The monoisotopic (exact) mass is 284 g/mol. The van der Waals surface area contributed by atoms with E-state index in [0.717, 1.165) is 0 Å². The minimum atomic E-state index is -3.40. The van der Waals surface area contributed by atoms with Gasteiger partial charge in [0.1, 0.15) is 0 Å². The van der Waals surface area contributed by atoms with E-state index >= 15 is 0 Å². The summed E-state index contributed by atoms with van der Waals surface area (Å²) in [4.78, 5) is 0. The quantitative estimate of drug-likeness (QED) is 0.715.